The molecule has 2 heterocycles. The van der Waals surface area contributed by atoms with Crippen LogP contribution in [0, 0.1) is 18.8 Å². The van der Waals surface area contributed by atoms with Crippen LogP contribution in [0.25, 0.3) is 11.0 Å². The number of fused-ring (bicyclic) bond motifs is 1. The Balaban J connectivity index is 1.16. The molecule has 1 aliphatic rings. The van der Waals surface area contributed by atoms with Crippen molar-refractivity contribution in [3.63, 3.8) is 0 Å². The summed E-state index contributed by atoms with van der Waals surface area (Å²) in [6.45, 7) is 6.36. The van der Waals surface area contributed by atoms with Gasteiger partial charge < -0.3 is 19.3 Å². The zero-order valence-corrected chi connectivity index (χ0v) is 24.6. The van der Waals surface area contributed by atoms with Crippen molar-refractivity contribution in [2.45, 2.75) is 58.6 Å². The third-order valence-corrected chi connectivity index (χ3v) is 8.56. The molecule has 6 nitrogen and oxygen atoms in total. The van der Waals surface area contributed by atoms with Crippen LogP contribution >= 0.6 is 11.6 Å². The van der Waals surface area contributed by atoms with Crippen molar-refractivity contribution < 1.29 is 14.6 Å². The summed E-state index contributed by atoms with van der Waals surface area (Å²) in [4.78, 5) is 19.4. The summed E-state index contributed by atoms with van der Waals surface area (Å²) in [5.74, 6) is 1.31. The van der Waals surface area contributed by atoms with Crippen molar-refractivity contribution in [2.24, 2.45) is 11.8 Å². The van der Waals surface area contributed by atoms with Gasteiger partial charge in [-0.25, -0.2) is 4.98 Å². The normalized spacial score (nSPS) is 16.6. The fraction of sp³-hybridized carbons (Fsp3) is 0.412. The Morgan fingerprint density at radius 1 is 1.07 bits per heavy atom. The van der Waals surface area contributed by atoms with Crippen LogP contribution in [0.15, 0.2) is 72.8 Å². The number of aryl methyl sites for hydroxylation is 2. The van der Waals surface area contributed by atoms with Crippen molar-refractivity contribution in [2.75, 3.05) is 19.6 Å². The molecule has 7 heteroatoms. The van der Waals surface area contributed by atoms with E-state index >= 15 is 0 Å². The maximum atomic E-state index is 11.9. The number of para-hydroxylation sites is 1. The standard InChI is InChI=1S/C34H40ClN3O3/c1-25-8-5-13-31-33(25)36-32(24-41-30-16-14-29(35)15-17-30)38(31)20-7-12-27-11-6-19-37(23-27)21-18-28(34(39)40)22-26-9-3-2-4-10-26/h2-5,8-10,13-17,27-28H,6-7,11-12,18-24H2,1H3,(H,39,40)/t27?,28-/m1/s1. The van der Waals surface area contributed by atoms with Crippen molar-refractivity contribution in [3.8, 4) is 5.75 Å². The number of nitrogens with zero attached hydrogens (tertiary/aromatic N) is 3. The molecule has 5 rings (SSSR count). The summed E-state index contributed by atoms with van der Waals surface area (Å²) in [7, 11) is 0. The summed E-state index contributed by atoms with van der Waals surface area (Å²) in [6, 6.07) is 23.8. The number of piperidine rings is 1. The number of benzene rings is 3. The molecule has 1 fully saturated rings. The van der Waals surface area contributed by atoms with Gasteiger partial charge in [-0.05, 0) is 106 Å². The van der Waals surface area contributed by atoms with Gasteiger partial charge >= 0.3 is 5.97 Å². The van der Waals surface area contributed by atoms with Gasteiger partial charge in [-0.2, -0.15) is 0 Å². The number of ether oxygens (including phenoxy) is 1. The van der Waals surface area contributed by atoms with Gasteiger partial charge in [-0.3, -0.25) is 4.79 Å². The first-order chi connectivity index (χ1) is 20.0. The van der Waals surface area contributed by atoms with Crippen molar-refractivity contribution in [1.29, 1.82) is 0 Å². The Kier molecular flexibility index (Phi) is 9.97. The maximum Gasteiger partial charge on any atom is 0.306 e. The van der Waals surface area contributed by atoms with Gasteiger partial charge in [0.2, 0.25) is 0 Å². The summed E-state index contributed by atoms with van der Waals surface area (Å²) in [5.41, 5.74) is 4.46. The minimum absolute atomic E-state index is 0.343. The molecule has 0 radical (unpaired) electrons. The van der Waals surface area contributed by atoms with Crippen LogP contribution in [-0.2, 0) is 24.4 Å². The second kappa shape index (κ2) is 14.0. The number of likely N-dealkylation sites (tertiary alicyclic amines) is 1. The van der Waals surface area contributed by atoms with E-state index in [1.807, 2.05) is 54.6 Å². The molecule has 0 spiro atoms. The van der Waals surface area contributed by atoms with Crippen LogP contribution in [0.1, 0.15) is 49.1 Å². The number of aliphatic carboxylic acids is 1. The number of hydrogen-bond donors (Lipinski definition) is 1. The highest BCUT2D eigenvalue weighted by Gasteiger charge is 2.23. The number of halogens is 1. The van der Waals surface area contributed by atoms with Gasteiger partial charge in [0.15, 0.2) is 0 Å². The van der Waals surface area contributed by atoms with E-state index in [1.165, 1.54) is 18.4 Å². The summed E-state index contributed by atoms with van der Waals surface area (Å²) >= 11 is 6.03. The summed E-state index contributed by atoms with van der Waals surface area (Å²) in [6.07, 6.45) is 5.90. The number of rotatable bonds is 13. The fourth-order valence-corrected chi connectivity index (χ4v) is 6.18. The van der Waals surface area contributed by atoms with Gasteiger partial charge in [0.05, 0.1) is 17.0 Å². The number of hydrogen-bond acceptors (Lipinski definition) is 4. The third-order valence-electron chi connectivity index (χ3n) is 8.31. The van der Waals surface area contributed by atoms with E-state index < -0.39 is 5.97 Å². The van der Waals surface area contributed by atoms with E-state index in [-0.39, 0.29) is 5.92 Å². The highest BCUT2D eigenvalue weighted by Crippen LogP contribution is 2.26. The quantitative estimate of drug-likeness (QED) is 0.180. The van der Waals surface area contributed by atoms with Gasteiger partial charge in [-0.1, -0.05) is 54.1 Å². The average Bonchev–Trinajstić information content (AvgIpc) is 3.34. The molecule has 4 aromatic rings. The molecule has 1 unspecified atom stereocenters. The fourth-order valence-electron chi connectivity index (χ4n) is 6.05. The molecule has 0 amide bonds. The first kappa shape index (κ1) is 29.2. The number of carboxylic acids is 1. The Labute approximate surface area is 247 Å². The highest BCUT2D eigenvalue weighted by molar-refractivity contribution is 6.30. The molecule has 0 bridgehead atoms. The third kappa shape index (κ3) is 7.90. The van der Waals surface area contributed by atoms with Crippen LogP contribution in [0.5, 0.6) is 5.75 Å². The molecular formula is C34H40ClN3O3. The summed E-state index contributed by atoms with van der Waals surface area (Å²) in [5, 5.41) is 10.5. The Morgan fingerprint density at radius 2 is 1.88 bits per heavy atom. The number of aromatic nitrogens is 2. The summed E-state index contributed by atoms with van der Waals surface area (Å²) < 4.78 is 8.40. The topological polar surface area (TPSA) is 67.6 Å². The highest BCUT2D eigenvalue weighted by atomic mass is 35.5. The second-order valence-electron chi connectivity index (χ2n) is 11.3. The molecule has 0 aliphatic carbocycles. The molecule has 1 aromatic heterocycles. The lowest BCUT2D eigenvalue weighted by Crippen LogP contribution is -2.37. The van der Waals surface area contributed by atoms with Crippen molar-refractivity contribution in [1.82, 2.24) is 14.5 Å². The van der Waals surface area contributed by atoms with Gasteiger partial charge in [0, 0.05) is 18.1 Å². The molecule has 1 N–H and O–H groups in total. The minimum atomic E-state index is -0.693. The van der Waals surface area contributed by atoms with Gasteiger partial charge in [-0.15, -0.1) is 0 Å². The SMILES string of the molecule is Cc1cccc2c1nc(COc1ccc(Cl)cc1)n2CCCC1CCCN(CC[C@H](Cc2ccccc2)C(=O)O)C1. The Morgan fingerprint density at radius 3 is 2.66 bits per heavy atom. The van der Waals surface area contributed by atoms with E-state index in [2.05, 4.69) is 34.6 Å². The molecule has 1 saturated heterocycles. The lowest BCUT2D eigenvalue weighted by Gasteiger charge is -2.33. The van der Waals surface area contributed by atoms with E-state index in [1.54, 1.807) is 0 Å². The van der Waals surface area contributed by atoms with Gasteiger partial charge in [0.25, 0.3) is 0 Å². The molecule has 0 saturated carbocycles. The first-order valence-electron chi connectivity index (χ1n) is 14.8. The zero-order valence-electron chi connectivity index (χ0n) is 23.8. The van der Waals surface area contributed by atoms with Gasteiger partial charge in [0.1, 0.15) is 18.2 Å². The number of carboxylic acid groups (broad SMARTS) is 1. The lowest BCUT2D eigenvalue weighted by atomic mass is 9.92. The molecular weight excluding hydrogens is 534 g/mol. The number of carbonyl (C=O) groups is 1. The lowest BCUT2D eigenvalue weighted by molar-refractivity contribution is -0.142. The monoisotopic (exact) mass is 573 g/mol. The Bertz CT molecular complexity index is 1420. The zero-order chi connectivity index (χ0) is 28.6. The average molecular weight is 574 g/mol. The number of imidazole rings is 1. The van der Waals surface area contributed by atoms with E-state index in [0.717, 1.165) is 67.2 Å². The van der Waals surface area contributed by atoms with Crippen LogP contribution in [-0.4, -0.2) is 45.2 Å². The smallest absolute Gasteiger partial charge is 0.306 e. The van der Waals surface area contributed by atoms with E-state index in [9.17, 15) is 9.90 Å². The molecule has 2 atom stereocenters. The largest absolute Gasteiger partial charge is 0.486 e. The van der Waals surface area contributed by atoms with Crippen LogP contribution in [0.2, 0.25) is 5.02 Å². The maximum absolute atomic E-state index is 11.9. The predicted molar refractivity (Wildman–Crippen MR) is 165 cm³/mol. The molecule has 3 aromatic carbocycles. The van der Waals surface area contributed by atoms with E-state index in [0.29, 0.717) is 30.4 Å². The second-order valence-corrected chi connectivity index (χ2v) is 11.8. The molecule has 1 aliphatic heterocycles. The van der Waals surface area contributed by atoms with Crippen LogP contribution < -0.4 is 4.74 Å². The van der Waals surface area contributed by atoms with Crippen LogP contribution in [0.3, 0.4) is 0 Å². The molecule has 216 valence electrons. The Hall–Kier alpha value is -3.35. The first-order valence-corrected chi connectivity index (χ1v) is 15.2. The minimum Gasteiger partial charge on any atom is -0.486 e. The van der Waals surface area contributed by atoms with E-state index in [4.69, 9.17) is 21.3 Å². The van der Waals surface area contributed by atoms with Crippen molar-refractivity contribution in [3.05, 3.63) is 94.8 Å². The van der Waals surface area contributed by atoms with Crippen LogP contribution in [0.4, 0.5) is 0 Å². The van der Waals surface area contributed by atoms with Crippen molar-refractivity contribution >= 4 is 28.6 Å². The predicted octanol–water partition coefficient (Wildman–Crippen LogP) is 7.40. The molecule has 41 heavy (non-hydrogen) atoms.